The fourth-order valence-corrected chi connectivity index (χ4v) is 0.974. The highest BCUT2D eigenvalue weighted by atomic mass is 19.1. The van der Waals surface area contributed by atoms with Crippen molar-refractivity contribution in [2.45, 2.75) is 6.92 Å². The quantitative estimate of drug-likeness (QED) is 0.485. The van der Waals surface area contributed by atoms with Crippen molar-refractivity contribution < 1.29 is 19.1 Å². The molecule has 1 rings (SSSR count). The average molecular weight is 237 g/mol. The summed E-state index contributed by atoms with van der Waals surface area (Å²) in [5.74, 6) is -1.41. The van der Waals surface area contributed by atoms with Gasteiger partial charge < -0.3 is 9.94 Å². The number of carboxylic acid groups (broad SMARTS) is 1. The number of carbonyl (C=O) groups is 1. The standard InChI is InChI=1S/C12H12FNO3/c1-9(12(15)16)14-17-8-2-3-10-4-6-11(13)7-5-10/h2-7H,8H2,1H3,(H,15,16)/b3-2+,14-9?. The van der Waals surface area contributed by atoms with E-state index in [1.54, 1.807) is 24.3 Å². The number of halogens is 1. The molecule has 0 spiro atoms. The van der Waals surface area contributed by atoms with Crippen molar-refractivity contribution >= 4 is 17.8 Å². The lowest BCUT2D eigenvalue weighted by atomic mass is 10.2. The minimum absolute atomic E-state index is 0.111. The molecule has 5 heteroatoms. The first-order valence-electron chi connectivity index (χ1n) is 4.91. The van der Waals surface area contributed by atoms with Crippen molar-refractivity contribution in [1.29, 1.82) is 0 Å². The summed E-state index contributed by atoms with van der Waals surface area (Å²) in [4.78, 5) is 15.1. The largest absolute Gasteiger partial charge is 0.477 e. The molecule has 0 saturated heterocycles. The molecule has 0 unspecified atom stereocenters. The van der Waals surface area contributed by atoms with Gasteiger partial charge in [0, 0.05) is 0 Å². The molecule has 0 bridgehead atoms. The maximum Gasteiger partial charge on any atom is 0.353 e. The Balaban J connectivity index is 2.39. The van der Waals surface area contributed by atoms with Crippen LogP contribution in [0.15, 0.2) is 35.5 Å². The Morgan fingerprint density at radius 1 is 1.47 bits per heavy atom. The van der Waals surface area contributed by atoms with Gasteiger partial charge in [0.1, 0.15) is 12.4 Å². The normalized spacial score (nSPS) is 11.8. The van der Waals surface area contributed by atoms with Crippen molar-refractivity contribution in [3.05, 3.63) is 41.7 Å². The van der Waals surface area contributed by atoms with E-state index in [2.05, 4.69) is 5.16 Å². The van der Waals surface area contributed by atoms with E-state index in [1.807, 2.05) is 0 Å². The van der Waals surface area contributed by atoms with Crippen LogP contribution < -0.4 is 0 Å². The molecule has 0 radical (unpaired) electrons. The second-order valence-electron chi connectivity index (χ2n) is 3.23. The van der Waals surface area contributed by atoms with Gasteiger partial charge in [-0.25, -0.2) is 9.18 Å². The zero-order valence-corrected chi connectivity index (χ0v) is 9.26. The van der Waals surface area contributed by atoms with E-state index in [4.69, 9.17) is 9.94 Å². The van der Waals surface area contributed by atoms with E-state index in [0.29, 0.717) is 0 Å². The van der Waals surface area contributed by atoms with E-state index >= 15 is 0 Å². The molecular weight excluding hydrogens is 225 g/mol. The van der Waals surface area contributed by atoms with Crippen LogP contribution in [0.4, 0.5) is 4.39 Å². The molecule has 0 aliphatic heterocycles. The molecule has 4 nitrogen and oxygen atoms in total. The minimum atomic E-state index is -1.12. The number of oxime groups is 1. The SMILES string of the molecule is CC(=NOC/C=C/c1ccc(F)cc1)C(=O)O. The van der Waals surface area contributed by atoms with E-state index in [9.17, 15) is 9.18 Å². The number of carboxylic acids is 1. The predicted octanol–water partition coefficient (Wildman–Crippen LogP) is 2.32. The summed E-state index contributed by atoms with van der Waals surface area (Å²) < 4.78 is 12.6. The first-order chi connectivity index (χ1) is 8.09. The highest BCUT2D eigenvalue weighted by Gasteiger charge is 2.00. The summed E-state index contributed by atoms with van der Waals surface area (Å²) in [5, 5.41) is 11.9. The van der Waals surface area contributed by atoms with Crippen LogP contribution in [-0.4, -0.2) is 23.4 Å². The van der Waals surface area contributed by atoms with E-state index in [0.717, 1.165) is 5.56 Å². The molecule has 0 fully saturated rings. The molecule has 17 heavy (non-hydrogen) atoms. The minimum Gasteiger partial charge on any atom is -0.477 e. The molecule has 0 aliphatic rings. The summed E-state index contributed by atoms with van der Waals surface area (Å²) >= 11 is 0. The zero-order chi connectivity index (χ0) is 12.7. The monoisotopic (exact) mass is 237 g/mol. The number of nitrogens with zero attached hydrogens (tertiary/aromatic N) is 1. The highest BCUT2D eigenvalue weighted by Crippen LogP contribution is 2.04. The molecule has 90 valence electrons. The number of rotatable bonds is 5. The van der Waals surface area contributed by atoms with Crippen LogP contribution >= 0.6 is 0 Å². The lowest BCUT2D eigenvalue weighted by Gasteiger charge is -1.95. The summed E-state index contributed by atoms with van der Waals surface area (Å²) in [7, 11) is 0. The third kappa shape index (κ3) is 4.92. The third-order valence-corrected chi connectivity index (χ3v) is 1.86. The maximum absolute atomic E-state index is 12.6. The van der Waals surface area contributed by atoms with Crippen LogP contribution in [0.5, 0.6) is 0 Å². The molecule has 0 aliphatic carbocycles. The predicted molar refractivity (Wildman–Crippen MR) is 62.1 cm³/mol. The van der Waals surface area contributed by atoms with Gasteiger partial charge >= 0.3 is 5.97 Å². The van der Waals surface area contributed by atoms with Gasteiger partial charge in [0.15, 0.2) is 5.71 Å². The van der Waals surface area contributed by atoms with Crippen molar-refractivity contribution in [1.82, 2.24) is 0 Å². The number of hydrogen-bond donors (Lipinski definition) is 1. The van der Waals surface area contributed by atoms with Crippen LogP contribution in [-0.2, 0) is 9.63 Å². The van der Waals surface area contributed by atoms with Gasteiger partial charge in [-0.05, 0) is 30.7 Å². The van der Waals surface area contributed by atoms with Crippen molar-refractivity contribution in [3.8, 4) is 0 Å². The van der Waals surface area contributed by atoms with Gasteiger partial charge in [0.2, 0.25) is 0 Å². The van der Waals surface area contributed by atoms with Crippen molar-refractivity contribution in [2.24, 2.45) is 5.16 Å². The van der Waals surface area contributed by atoms with E-state index in [-0.39, 0.29) is 18.1 Å². The lowest BCUT2D eigenvalue weighted by Crippen LogP contribution is -2.08. The Morgan fingerprint density at radius 2 is 2.12 bits per heavy atom. The summed E-state index contributed by atoms with van der Waals surface area (Å²) in [6.07, 6.45) is 3.39. The lowest BCUT2D eigenvalue weighted by molar-refractivity contribution is -0.129. The Labute approximate surface area is 98.0 Å². The Morgan fingerprint density at radius 3 is 2.71 bits per heavy atom. The summed E-state index contributed by atoms with van der Waals surface area (Å²) in [5.41, 5.74) is 0.717. The maximum atomic E-state index is 12.6. The molecular formula is C12H12FNO3. The van der Waals surface area contributed by atoms with Crippen LogP contribution in [0.1, 0.15) is 12.5 Å². The van der Waals surface area contributed by atoms with Crippen LogP contribution in [0.3, 0.4) is 0 Å². The Hall–Kier alpha value is -2.17. The first kappa shape index (κ1) is 12.9. The average Bonchev–Trinajstić information content (AvgIpc) is 2.30. The molecule has 1 aromatic carbocycles. The van der Waals surface area contributed by atoms with Crippen LogP contribution in [0, 0.1) is 5.82 Å². The van der Waals surface area contributed by atoms with Crippen molar-refractivity contribution in [3.63, 3.8) is 0 Å². The van der Waals surface area contributed by atoms with Gasteiger partial charge in [0.25, 0.3) is 0 Å². The second kappa shape index (κ2) is 6.42. The molecule has 0 atom stereocenters. The van der Waals surface area contributed by atoms with E-state index < -0.39 is 5.97 Å². The van der Waals surface area contributed by atoms with Gasteiger partial charge in [0.05, 0.1) is 0 Å². The van der Waals surface area contributed by atoms with Crippen molar-refractivity contribution in [2.75, 3.05) is 6.61 Å². The Bertz CT molecular complexity index is 438. The van der Waals surface area contributed by atoms with Gasteiger partial charge in [-0.15, -0.1) is 0 Å². The Kier molecular flexibility index (Phi) is 4.87. The molecule has 0 amide bonds. The topological polar surface area (TPSA) is 58.9 Å². The zero-order valence-electron chi connectivity index (χ0n) is 9.26. The smallest absolute Gasteiger partial charge is 0.353 e. The molecule has 0 saturated carbocycles. The fraction of sp³-hybridized carbons (Fsp3) is 0.167. The fourth-order valence-electron chi connectivity index (χ4n) is 0.974. The summed E-state index contributed by atoms with van der Waals surface area (Å²) in [6.45, 7) is 1.49. The number of benzene rings is 1. The highest BCUT2D eigenvalue weighted by molar-refractivity contribution is 6.34. The molecule has 0 aromatic heterocycles. The first-order valence-corrected chi connectivity index (χ1v) is 4.91. The second-order valence-corrected chi connectivity index (χ2v) is 3.23. The van der Waals surface area contributed by atoms with E-state index in [1.165, 1.54) is 19.1 Å². The number of aliphatic carboxylic acids is 1. The molecule has 1 aromatic rings. The third-order valence-electron chi connectivity index (χ3n) is 1.86. The number of hydrogen-bond acceptors (Lipinski definition) is 3. The van der Waals surface area contributed by atoms with Crippen LogP contribution in [0.25, 0.3) is 6.08 Å². The van der Waals surface area contributed by atoms with Gasteiger partial charge in [-0.1, -0.05) is 23.4 Å². The van der Waals surface area contributed by atoms with Crippen LogP contribution in [0.2, 0.25) is 0 Å². The molecule has 0 heterocycles. The van der Waals surface area contributed by atoms with Gasteiger partial charge in [-0.2, -0.15) is 0 Å². The summed E-state index contributed by atoms with van der Waals surface area (Å²) in [6, 6.07) is 5.95. The molecule has 1 N–H and O–H groups in total. The van der Waals surface area contributed by atoms with Gasteiger partial charge in [-0.3, -0.25) is 0 Å².